The lowest BCUT2D eigenvalue weighted by molar-refractivity contribution is 0.0685. The predicted molar refractivity (Wildman–Crippen MR) is 73.6 cm³/mol. The van der Waals surface area contributed by atoms with Crippen molar-refractivity contribution in [3.63, 3.8) is 0 Å². The Labute approximate surface area is 109 Å². The van der Waals surface area contributed by atoms with Crippen LogP contribution in [0.2, 0.25) is 0 Å². The summed E-state index contributed by atoms with van der Waals surface area (Å²) in [4.78, 5) is 0. The lowest BCUT2D eigenvalue weighted by Crippen LogP contribution is -2.11. The monoisotopic (exact) mass is 244 g/mol. The van der Waals surface area contributed by atoms with Gasteiger partial charge in [0.2, 0.25) is 0 Å². The normalized spacial score (nSPS) is 23.1. The van der Waals surface area contributed by atoms with E-state index < -0.39 is 0 Å². The second kappa shape index (κ2) is 5.87. The van der Waals surface area contributed by atoms with Gasteiger partial charge >= 0.3 is 0 Å². The molecule has 2 atom stereocenters. The van der Waals surface area contributed by atoms with Gasteiger partial charge in [-0.05, 0) is 42.0 Å². The van der Waals surface area contributed by atoms with Gasteiger partial charge in [0.1, 0.15) is 5.75 Å². The maximum absolute atomic E-state index is 5.92. The summed E-state index contributed by atoms with van der Waals surface area (Å²) in [6.07, 6.45) is 4.30. The molecule has 0 N–H and O–H groups in total. The average Bonchev–Trinajstić information content (AvgIpc) is 2.77. The summed E-state index contributed by atoms with van der Waals surface area (Å²) in [5.74, 6) is 1.29. The highest BCUT2D eigenvalue weighted by atomic mass is 16.5. The van der Waals surface area contributed by atoms with E-state index in [-0.39, 0.29) is 6.10 Å². The van der Waals surface area contributed by atoms with E-state index in [0.717, 1.165) is 24.2 Å². The van der Waals surface area contributed by atoms with E-state index in [9.17, 15) is 0 Å². The first-order valence-corrected chi connectivity index (χ1v) is 6.30. The first kappa shape index (κ1) is 12.9. The minimum atomic E-state index is 0.176. The topological polar surface area (TPSA) is 18.5 Å². The van der Waals surface area contributed by atoms with E-state index in [4.69, 9.17) is 9.47 Å². The van der Waals surface area contributed by atoms with Gasteiger partial charge in [0.05, 0.1) is 19.8 Å². The summed E-state index contributed by atoms with van der Waals surface area (Å²) >= 11 is 0. The number of rotatable bonds is 5. The summed E-state index contributed by atoms with van der Waals surface area (Å²) in [5.41, 5.74) is 2.32. The molecule has 0 saturated heterocycles. The van der Waals surface area contributed by atoms with Crippen LogP contribution in [0.5, 0.6) is 5.75 Å². The second-order valence-electron chi connectivity index (χ2n) is 4.64. The molecule has 2 rings (SSSR count). The van der Waals surface area contributed by atoms with Gasteiger partial charge in [-0.3, -0.25) is 0 Å². The molecule has 0 amide bonds. The van der Waals surface area contributed by atoms with Crippen LogP contribution in [0.4, 0.5) is 0 Å². The van der Waals surface area contributed by atoms with Crippen LogP contribution in [-0.4, -0.2) is 13.2 Å². The Balaban J connectivity index is 1.88. The SMILES string of the molecule is C=CC1CCC(OCc2ccc(OC)cc2)C1=C. The van der Waals surface area contributed by atoms with Crippen LogP contribution in [-0.2, 0) is 11.3 Å². The van der Waals surface area contributed by atoms with Crippen molar-refractivity contribution in [2.75, 3.05) is 7.11 Å². The lowest BCUT2D eigenvalue weighted by Gasteiger charge is -2.14. The van der Waals surface area contributed by atoms with Gasteiger partial charge in [-0.25, -0.2) is 0 Å². The third-order valence-electron chi connectivity index (χ3n) is 3.52. The number of hydrogen-bond donors (Lipinski definition) is 0. The van der Waals surface area contributed by atoms with Crippen LogP contribution in [0.25, 0.3) is 0 Å². The van der Waals surface area contributed by atoms with Gasteiger partial charge in [0.25, 0.3) is 0 Å². The molecule has 96 valence electrons. The quantitative estimate of drug-likeness (QED) is 0.735. The maximum atomic E-state index is 5.92. The Morgan fingerprint density at radius 1 is 1.28 bits per heavy atom. The summed E-state index contributed by atoms with van der Waals surface area (Å²) in [6.45, 7) is 8.57. The smallest absolute Gasteiger partial charge is 0.118 e. The summed E-state index contributed by atoms with van der Waals surface area (Å²) in [5, 5.41) is 0. The van der Waals surface area contributed by atoms with E-state index in [0.29, 0.717) is 12.5 Å². The van der Waals surface area contributed by atoms with Crippen molar-refractivity contribution in [3.8, 4) is 5.75 Å². The molecule has 0 heterocycles. The molecule has 1 aromatic carbocycles. The van der Waals surface area contributed by atoms with E-state index in [1.165, 1.54) is 5.57 Å². The highest BCUT2D eigenvalue weighted by Gasteiger charge is 2.27. The van der Waals surface area contributed by atoms with E-state index in [1.54, 1.807) is 7.11 Å². The van der Waals surface area contributed by atoms with Crippen LogP contribution in [0.1, 0.15) is 18.4 Å². The lowest BCUT2D eigenvalue weighted by atomic mass is 10.0. The zero-order valence-corrected chi connectivity index (χ0v) is 10.9. The van der Waals surface area contributed by atoms with Crippen LogP contribution >= 0.6 is 0 Å². The molecule has 1 aliphatic rings. The Kier molecular flexibility index (Phi) is 4.21. The molecule has 0 aromatic heterocycles. The fourth-order valence-corrected chi connectivity index (χ4v) is 2.32. The maximum Gasteiger partial charge on any atom is 0.118 e. The first-order valence-electron chi connectivity index (χ1n) is 6.30. The molecular weight excluding hydrogens is 224 g/mol. The third kappa shape index (κ3) is 2.82. The van der Waals surface area contributed by atoms with E-state index >= 15 is 0 Å². The van der Waals surface area contributed by atoms with Crippen LogP contribution in [0, 0.1) is 5.92 Å². The second-order valence-corrected chi connectivity index (χ2v) is 4.64. The van der Waals surface area contributed by atoms with Crippen LogP contribution < -0.4 is 4.74 Å². The standard InChI is InChI=1S/C16H20O2/c1-4-14-7-10-16(12(14)2)18-11-13-5-8-15(17-3)9-6-13/h4-6,8-9,14,16H,1-2,7,10-11H2,3H3. The molecule has 2 heteroatoms. The zero-order valence-electron chi connectivity index (χ0n) is 10.9. The van der Waals surface area contributed by atoms with Crippen LogP contribution in [0.15, 0.2) is 49.1 Å². The first-order chi connectivity index (χ1) is 8.74. The van der Waals surface area contributed by atoms with Gasteiger partial charge in [0, 0.05) is 0 Å². The Morgan fingerprint density at radius 2 is 2.00 bits per heavy atom. The van der Waals surface area contributed by atoms with Gasteiger partial charge in [-0.2, -0.15) is 0 Å². The number of methoxy groups -OCH3 is 1. The molecule has 1 aliphatic carbocycles. The van der Waals surface area contributed by atoms with Crippen molar-refractivity contribution in [2.24, 2.45) is 5.92 Å². The van der Waals surface area contributed by atoms with Crippen LogP contribution in [0.3, 0.4) is 0 Å². The highest BCUT2D eigenvalue weighted by Crippen LogP contribution is 2.33. The average molecular weight is 244 g/mol. The van der Waals surface area contributed by atoms with Crippen molar-refractivity contribution in [1.29, 1.82) is 0 Å². The van der Waals surface area contributed by atoms with Gasteiger partial charge in [-0.15, -0.1) is 6.58 Å². The summed E-state index contributed by atoms with van der Waals surface area (Å²) < 4.78 is 11.0. The van der Waals surface area contributed by atoms with Gasteiger partial charge < -0.3 is 9.47 Å². The number of benzene rings is 1. The molecule has 0 aliphatic heterocycles. The molecule has 0 bridgehead atoms. The third-order valence-corrected chi connectivity index (χ3v) is 3.52. The van der Waals surface area contributed by atoms with Crippen molar-refractivity contribution >= 4 is 0 Å². The summed E-state index contributed by atoms with van der Waals surface area (Å²) in [7, 11) is 1.67. The molecule has 1 fully saturated rings. The molecule has 18 heavy (non-hydrogen) atoms. The minimum Gasteiger partial charge on any atom is -0.497 e. The molecular formula is C16H20O2. The number of ether oxygens (including phenoxy) is 2. The minimum absolute atomic E-state index is 0.176. The Bertz CT molecular complexity index is 419. The molecule has 2 unspecified atom stereocenters. The van der Waals surface area contributed by atoms with E-state index in [1.807, 2.05) is 30.3 Å². The van der Waals surface area contributed by atoms with Crippen molar-refractivity contribution in [2.45, 2.75) is 25.6 Å². The molecule has 2 nitrogen and oxygen atoms in total. The molecule has 1 aromatic rings. The fraction of sp³-hybridized carbons (Fsp3) is 0.375. The van der Waals surface area contributed by atoms with Gasteiger partial charge in [-0.1, -0.05) is 24.8 Å². The Hall–Kier alpha value is -1.54. The van der Waals surface area contributed by atoms with Crippen molar-refractivity contribution in [3.05, 3.63) is 54.6 Å². The largest absolute Gasteiger partial charge is 0.497 e. The number of hydrogen-bond acceptors (Lipinski definition) is 2. The fourth-order valence-electron chi connectivity index (χ4n) is 2.32. The molecule has 1 saturated carbocycles. The molecule has 0 radical (unpaired) electrons. The number of allylic oxidation sites excluding steroid dienone is 1. The van der Waals surface area contributed by atoms with Gasteiger partial charge in [0.15, 0.2) is 0 Å². The summed E-state index contributed by atoms with van der Waals surface area (Å²) in [6, 6.07) is 7.96. The van der Waals surface area contributed by atoms with E-state index in [2.05, 4.69) is 13.2 Å². The van der Waals surface area contributed by atoms with Crippen molar-refractivity contribution < 1.29 is 9.47 Å². The highest BCUT2D eigenvalue weighted by molar-refractivity contribution is 5.27. The Morgan fingerprint density at radius 3 is 2.56 bits per heavy atom. The zero-order chi connectivity index (χ0) is 13.0. The van der Waals surface area contributed by atoms with Crippen molar-refractivity contribution in [1.82, 2.24) is 0 Å². The predicted octanol–water partition coefficient (Wildman–Crippen LogP) is 3.73. The molecule has 0 spiro atoms.